The molecule has 1 amide bonds. The molecule has 0 spiro atoms. The highest BCUT2D eigenvalue weighted by Gasteiger charge is 2.27. The lowest BCUT2D eigenvalue weighted by Gasteiger charge is -2.23. The first kappa shape index (κ1) is 19.4. The molecule has 2 aromatic heterocycles. The monoisotopic (exact) mass is 441 g/mol. The number of anilines is 1. The molecule has 1 atom stereocenters. The number of thiazole rings is 1. The number of ether oxygens (including phenoxy) is 1. The van der Waals surface area contributed by atoms with E-state index in [-0.39, 0.29) is 18.6 Å². The minimum atomic E-state index is -0.103. The number of fused-ring (bicyclic) bond motifs is 2. The van der Waals surface area contributed by atoms with Crippen LogP contribution >= 0.6 is 22.9 Å². The van der Waals surface area contributed by atoms with Gasteiger partial charge in [-0.1, -0.05) is 46.4 Å². The quantitative estimate of drug-likeness (QED) is 0.463. The summed E-state index contributed by atoms with van der Waals surface area (Å²) in [6.07, 6.45) is 1.94. The van der Waals surface area contributed by atoms with Crippen molar-refractivity contribution in [2.24, 2.45) is 0 Å². The second-order valence-corrected chi connectivity index (χ2v) is 8.80. The number of aromatic nitrogens is 4. The van der Waals surface area contributed by atoms with E-state index < -0.39 is 0 Å². The molecule has 1 unspecified atom stereocenters. The maximum atomic E-state index is 13.4. The summed E-state index contributed by atoms with van der Waals surface area (Å²) in [7, 11) is 0. The maximum Gasteiger partial charge on any atom is 0.250 e. The maximum absolute atomic E-state index is 13.4. The summed E-state index contributed by atoms with van der Waals surface area (Å²) < 4.78 is 8.33. The van der Waals surface area contributed by atoms with Crippen LogP contribution in [0.3, 0.4) is 0 Å². The van der Waals surface area contributed by atoms with Crippen LogP contribution in [0.2, 0.25) is 5.02 Å². The minimum absolute atomic E-state index is 0.00465. The number of para-hydroxylation sites is 1. The van der Waals surface area contributed by atoms with Crippen molar-refractivity contribution in [3.05, 3.63) is 47.0 Å². The van der Waals surface area contributed by atoms with E-state index in [4.69, 9.17) is 21.3 Å². The van der Waals surface area contributed by atoms with Gasteiger partial charge in [-0.2, -0.15) is 0 Å². The first-order chi connectivity index (χ1) is 14.6. The molecule has 0 N–H and O–H groups in total. The second-order valence-electron chi connectivity index (χ2n) is 7.41. The number of hydrogen-bond acceptors (Lipinski definition) is 6. The third kappa shape index (κ3) is 3.55. The minimum Gasteiger partial charge on any atom is -0.376 e. The van der Waals surface area contributed by atoms with E-state index in [0.29, 0.717) is 16.7 Å². The van der Waals surface area contributed by atoms with Gasteiger partial charge in [-0.05, 0) is 43.5 Å². The lowest BCUT2D eigenvalue weighted by Crippen LogP contribution is -2.39. The van der Waals surface area contributed by atoms with Crippen LogP contribution in [-0.4, -0.2) is 45.1 Å². The summed E-state index contributed by atoms with van der Waals surface area (Å²) in [6, 6.07) is 11.4. The van der Waals surface area contributed by atoms with Crippen molar-refractivity contribution in [3.8, 4) is 0 Å². The standard InChI is InChI=1S/C21H20ClN5O2S/c1-13-8-9-15(22)20-19(13)23-21(30-20)26(11-14-5-4-10-29-14)18(28)12-27-17-7-3-2-6-16(17)24-25-27/h2-3,6-9,14H,4-5,10-12H2,1H3. The SMILES string of the molecule is Cc1ccc(Cl)c2sc(N(CC3CCCO3)C(=O)Cn3nnc4ccccc43)nc12. The normalized spacial score (nSPS) is 16.5. The number of amides is 1. The van der Waals surface area contributed by atoms with Gasteiger partial charge in [-0.3, -0.25) is 9.69 Å². The lowest BCUT2D eigenvalue weighted by atomic mass is 10.2. The van der Waals surface area contributed by atoms with E-state index in [2.05, 4.69) is 10.3 Å². The van der Waals surface area contributed by atoms with Gasteiger partial charge in [0.05, 0.1) is 33.4 Å². The van der Waals surface area contributed by atoms with Crippen molar-refractivity contribution < 1.29 is 9.53 Å². The van der Waals surface area contributed by atoms with Crippen LogP contribution in [0.25, 0.3) is 21.3 Å². The molecule has 0 radical (unpaired) electrons. The highest BCUT2D eigenvalue weighted by molar-refractivity contribution is 7.23. The van der Waals surface area contributed by atoms with E-state index in [0.717, 1.165) is 46.3 Å². The zero-order chi connectivity index (χ0) is 20.7. The molecule has 1 fully saturated rings. The molecule has 1 aliphatic heterocycles. The van der Waals surface area contributed by atoms with Crippen molar-refractivity contribution in [3.63, 3.8) is 0 Å². The average molecular weight is 442 g/mol. The van der Waals surface area contributed by atoms with Crippen molar-refractivity contribution in [2.75, 3.05) is 18.1 Å². The third-order valence-electron chi connectivity index (χ3n) is 5.33. The predicted molar refractivity (Wildman–Crippen MR) is 118 cm³/mol. The highest BCUT2D eigenvalue weighted by atomic mass is 35.5. The van der Waals surface area contributed by atoms with Gasteiger partial charge in [0.25, 0.3) is 5.91 Å². The third-order valence-corrected chi connectivity index (χ3v) is 6.87. The van der Waals surface area contributed by atoms with Gasteiger partial charge < -0.3 is 4.74 Å². The van der Waals surface area contributed by atoms with Crippen LogP contribution in [0.1, 0.15) is 18.4 Å². The first-order valence-electron chi connectivity index (χ1n) is 9.86. The molecule has 5 rings (SSSR count). The molecule has 1 aliphatic rings. The second kappa shape index (κ2) is 7.94. The van der Waals surface area contributed by atoms with E-state index >= 15 is 0 Å². The Hall–Kier alpha value is -2.55. The van der Waals surface area contributed by atoms with Gasteiger partial charge in [0.15, 0.2) is 5.13 Å². The molecular weight excluding hydrogens is 422 g/mol. The molecule has 7 nitrogen and oxygen atoms in total. The molecule has 2 aromatic carbocycles. The topological polar surface area (TPSA) is 73.1 Å². The fourth-order valence-corrected chi connectivity index (χ4v) is 5.08. The summed E-state index contributed by atoms with van der Waals surface area (Å²) in [6.45, 7) is 3.26. The fraction of sp³-hybridized carbons (Fsp3) is 0.333. The summed E-state index contributed by atoms with van der Waals surface area (Å²) in [4.78, 5) is 19.9. The molecule has 1 saturated heterocycles. The van der Waals surface area contributed by atoms with Crippen molar-refractivity contribution in [2.45, 2.75) is 32.4 Å². The Morgan fingerprint density at radius 3 is 3.00 bits per heavy atom. The average Bonchev–Trinajstić information content (AvgIpc) is 3.49. The zero-order valence-electron chi connectivity index (χ0n) is 16.4. The Morgan fingerprint density at radius 2 is 2.20 bits per heavy atom. The molecule has 30 heavy (non-hydrogen) atoms. The van der Waals surface area contributed by atoms with Crippen molar-refractivity contribution in [1.29, 1.82) is 0 Å². The number of benzene rings is 2. The number of rotatable bonds is 5. The zero-order valence-corrected chi connectivity index (χ0v) is 18.0. The summed E-state index contributed by atoms with van der Waals surface area (Å²) in [5, 5.41) is 9.59. The molecule has 0 aliphatic carbocycles. The van der Waals surface area contributed by atoms with E-state index in [1.54, 1.807) is 9.58 Å². The van der Waals surface area contributed by atoms with Gasteiger partial charge in [0.2, 0.25) is 0 Å². The summed E-state index contributed by atoms with van der Waals surface area (Å²) in [5.74, 6) is -0.103. The molecule has 9 heteroatoms. The van der Waals surface area contributed by atoms with Crippen LogP contribution in [-0.2, 0) is 16.1 Å². The van der Waals surface area contributed by atoms with Crippen LogP contribution in [0.4, 0.5) is 5.13 Å². The number of carbonyl (C=O) groups is 1. The van der Waals surface area contributed by atoms with E-state index in [1.165, 1.54) is 11.3 Å². The number of aryl methyl sites for hydroxylation is 1. The van der Waals surface area contributed by atoms with Gasteiger partial charge in [-0.15, -0.1) is 5.10 Å². The molecule has 154 valence electrons. The Kier molecular flexibility index (Phi) is 5.14. The predicted octanol–water partition coefficient (Wildman–Crippen LogP) is 4.22. The smallest absolute Gasteiger partial charge is 0.250 e. The largest absolute Gasteiger partial charge is 0.376 e. The van der Waals surface area contributed by atoms with Gasteiger partial charge in [-0.25, -0.2) is 9.67 Å². The Labute approximate surface area is 182 Å². The van der Waals surface area contributed by atoms with Crippen molar-refractivity contribution >= 4 is 55.2 Å². The van der Waals surface area contributed by atoms with Gasteiger partial charge in [0.1, 0.15) is 12.1 Å². The fourth-order valence-electron chi connectivity index (χ4n) is 3.73. The molecule has 3 heterocycles. The molecule has 0 saturated carbocycles. The molecular formula is C21H20ClN5O2S. The van der Waals surface area contributed by atoms with Gasteiger partial charge in [0, 0.05) is 6.61 Å². The summed E-state index contributed by atoms with van der Waals surface area (Å²) in [5.41, 5.74) is 3.45. The van der Waals surface area contributed by atoms with E-state index in [9.17, 15) is 4.79 Å². The Balaban J connectivity index is 1.50. The van der Waals surface area contributed by atoms with Crippen LogP contribution in [0.15, 0.2) is 36.4 Å². The van der Waals surface area contributed by atoms with Crippen LogP contribution in [0.5, 0.6) is 0 Å². The van der Waals surface area contributed by atoms with E-state index in [1.807, 2.05) is 43.3 Å². The van der Waals surface area contributed by atoms with Gasteiger partial charge >= 0.3 is 0 Å². The van der Waals surface area contributed by atoms with Crippen LogP contribution in [0, 0.1) is 6.92 Å². The lowest BCUT2D eigenvalue weighted by molar-refractivity contribution is -0.119. The number of halogens is 1. The first-order valence-corrected chi connectivity index (χ1v) is 11.1. The Morgan fingerprint density at radius 1 is 1.33 bits per heavy atom. The van der Waals surface area contributed by atoms with Crippen molar-refractivity contribution in [1.82, 2.24) is 20.0 Å². The number of nitrogens with zero attached hydrogens (tertiary/aromatic N) is 5. The van der Waals surface area contributed by atoms with Crippen LogP contribution < -0.4 is 4.90 Å². The summed E-state index contributed by atoms with van der Waals surface area (Å²) >= 11 is 7.83. The highest BCUT2D eigenvalue weighted by Crippen LogP contribution is 2.36. The Bertz CT molecular complexity index is 1190. The molecule has 4 aromatic rings. The number of hydrogen-bond donors (Lipinski definition) is 0. The molecule has 0 bridgehead atoms. The number of carbonyl (C=O) groups excluding carboxylic acids is 1.